The highest BCUT2D eigenvalue weighted by Gasteiger charge is 2.35. The van der Waals surface area contributed by atoms with E-state index in [-0.39, 0.29) is 35.6 Å². The molecule has 35 heavy (non-hydrogen) atoms. The molecule has 2 amide bonds. The number of imidazole rings is 1. The van der Waals surface area contributed by atoms with Gasteiger partial charge in [0.1, 0.15) is 16.8 Å². The van der Waals surface area contributed by atoms with E-state index in [4.69, 9.17) is 10.4 Å². The molecule has 0 saturated heterocycles. The number of nitrogen functional groups attached to an aromatic ring is 1. The molecule has 1 aliphatic rings. The minimum atomic E-state index is -1.27. The van der Waals surface area contributed by atoms with Gasteiger partial charge in [-0.05, 0) is 55.2 Å². The number of carbonyl (C=O) groups excluding carboxylic acids is 2. The average molecular weight is 471 g/mol. The highest BCUT2D eigenvalue weighted by molar-refractivity contribution is 6.21. The highest BCUT2D eigenvalue weighted by atomic mass is 16.6. The molecule has 0 spiro atoms. The van der Waals surface area contributed by atoms with Crippen molar-refractivity contribution in [3.05, 3.63) is 52.8 Å². The number of carbonyl (C=O) groups is 2. The molecule has 0 aliphatic carbocycles. The molecule has 4 heterocycles. The van der Waals surface area contributed by atoms with Crippen LogP contribution in [0.3, 0.4) is 0 Å². The van der Waals surface area contributed by atoms with Crippen molar-refractivity contribution < 1.29 is 19.3 Å². The van der Waals surface area contributed by atoms with Gasteiger partial charge in [-0.1, -0.05) is 18.1 Å². The number of rotatable bonds is 4. The van der Waals surface area contributed by atoms with Crippen LogP contribution in [0.15, 0.2) is 35.0 Å². The van der Waals surface area contributed by atoms with Crippen molar-refractivity contribution in [2.75, 3.05) is 5.73 Å². The molecule has 1 aromatic carbocycles. The van der Waals surface area contributed by atoms with Crippen LogP contribution in [-0.2, 0) is 13.1 Å². The fourth-order valence-electron chi connectivity index (χ4n) is 3.95. The predicted molar refractivity (Wildman–Crippen MR) is 125 cm³/mol. The zero-order chi connectivity index (χ0) is 24.9. The maximum absolute atomic E-state index is 12.9. The van der Waals surface area contributed by atoms with E-state index < -0.39 is 5.60 Å². The molecule has 0 atom stereocenters. The van der Waals surface area contributed by atoms with Crippen molar-refractivity contribution in [3.8, 4) is 23.4 Å². The van der Waals surface area contributed by atoms with Crippen LogP contribution in [0.4, 0.5) is 5.82 Å². The van der Waals surface area contributed by atoms with Crippen molar-refractivity contribution in [2.45, 2.75) is 39.5 Å². The molecule has 11 nitrogen and oxygen atoms in total. The second kappa shape index (κ2) is 8.03. The molecule has 1 aliphatic heterocycles. The van der Waals surface area contributed by atoms with Crippen LogP contribution in [0.1, 0.15) is 52.9 Å². The van der Waals surface area contributed by atoms with Gasteiger partial charge in [0.2, 0.25) is 0 Å². The minimum Gasteiger partial charge on any atom is -0.379 e. The Hall–Kier alpha value is -4.56. The third-order valence-corrected chi connectivity index (χ3v) is 5.52. The molecular formula is C24H21N7O4. The lowest BCUT2D eigenvalue weighted by atomic mass is 10.1. The first kappa shape index (κ1) is 22.2. The Morgan fingerprint density at radius 1 is 1.11 bits per heavy atom. The molecule has 176 valence electrons. The van der Waals surface area contributed by atoms with E-state index in [0.717, 1.165) is 4.90 Å². The third-order valence-electron chi connectivity index (χ3n) is 5.52. The van der Waals surface area contributed by atoms with Gasteiger partial charge in [-0.2, -0.15) is 0 Å². The molecule has 11 heteroatoms. The SMILES string of the molecule is CCn1c(-c2nonc2N)nc2c(C#CC(C)(C)O)nc(CN3C(=O)c4ccccc4C3=O)cc21. The molecule has 0 saturated carbocycles. The number of benzene rings is 1. The summed E-state index contributed by atoms with van der Waals surface area (Å²) < 4.78 is 6.59. The molecule has 3 N–H and O–H groups in total. The number of amides is 2. The molecule has 4 aromatic rings. The monoisotopic (exact) mass is 471 g/mol. The molecule has 0 bridgehead atoms. The smallest absolute Gasteiger partial charge is 0.261 e. The zero-order valence-corrected chi connectivity index (χ0v) is 19.2. The van der Waals surface area contributed by atoms with Crippen LogP contribution in [0.5, 0.6) is 0 Å². The maximum atomic E-state index is 12.9. The lowest BCUT2D eigenvalue weighted by Crippen LogP contribution is -2.29. The van der Waals surface area contributed by atoms with E-state index in [0.29, 0.717) is 40.2 Å². The van der Waals surface area contributed by atoms with Crippen LogP contribution in [0, 0.1) is 11.8 Å². The second-order valence-electron chi connectivity index (χ2n) is 8.56. The fraction of sp³-hybridized carbons (Fsp3) is 0.250. The van der Waals surface area contributed by atoms with E-state index in [1.54, 1.807) is 44.2 Å². The van der Waals surface area contributed by atoms with E-state index in [1.165, 1.54) is 0 Å². The number of fused-ring (bicyclic) bond motifs is 2. The number of hydrogen-bond acceptors (Lipinski definition) is 9. The molecule has 0 fully saturated rings. The summed E-state index contributed by atoms with van der Waals surface area (Å²) in [5.74, 6) is 5.36. The summed E-state index contributed by atoms with van der Waals surface area (Å²) in [5.41, 5.74) is 7.42. The van der Waals surface area contributed by atoms with Crippen LogP contribution in [-0.4, -0.2) is 52.3 Å². The average Bonchev–Trinajstić information content (AvgIpc) is 3.47. The van der Waals surface area contributed by atoms with Crippen molar-refractivity contribution >= 4 is 28.7 Å². The topological polar surface area (TPSA) is 153 Å². The van der Waals surface area contributed by atoms with Crippen molar-refractivity contribution in [1.29, 1.82) is 0 Å². The largest absolute Gasteiger partial charge is 0.379 e. The lowest BCUT2D eigenvalue weighted by Gasteiger charge is -2.14. The summed E-state index contributed by atoms with van der Waals surface area (Å²) >= 11 is 0. The Labute approximate surface area is 199 Å². The van der Waals surface area contributed by atoms with Gasteiger partial charge in [-0.25, -0.2) is 14.6 Å². The quantitative estimate of drug-likeness (QED) is 0.336. The molecular weight excluding hydrogens is 450 g/mol. The van der Waals surface area contributed by atoms with Crippen molar-refractivity contribution in [1.82, 2.24) is 29.7 Å². The standard InChI is InChI=1S/C24H21N7O4/c1-4-30-17-11-13(12-31-22(32)14-7-5-6-8-15(14)23(31)33)26-16(9-10-24(2,3)34)18(17)27-21(30)19-20(25)29-35-28-19/h5-8,11,34H,4,12H2,1-3H3,(H2,25,29). The number of hydrogen-bond donors (Lipinski definition) is 2. The summed E-state index contributed by atoms with van der Waals surface area (Å²) in [4.78, 5) is 36.2. The maximum Gasteiger partial charge on any atom is 0.261 e. The number of nitrogens with two attached hydrogens (primary N) is 1. The van der Waals surface area contributed by atoms with Gasteiger partial charge in [0.25, 0.3) is 11.8 Å². The summed E-state index contributed by atoms with van der Waals surface area (Å²) in [7, 11) is 0. The van der Waals surface area contributed by atoms with Gasteiger partial charge in [-0.3, -0.25) is 14.5 Å². The Morgan fingerprint density at radius 2 is 1.80 bits per heavy atom. The van der Waals surface area contributed by atoms with E-state index in [1.807, 2.05) is 11.5 Å². The van der Waals surface area contributed by atoms with E-state index >= 15 is 0 Å². The minimum absolute atomic E-state index is 0.0582. The molecule has 0 radical (unpaired) electrons. The highest BCUT2D eigenvalue weighted by Crippen LogP contribution is 2.30. The Kier molecular flexibility index (Phi) is 5.11. The van der Waals surface area contributed by atoms with Crippen molar-refractivity contribution in [2.24, 2.45) is 0 Å². The predicted octanol–water partition coefficient (Wildman–Crippen LogP) is 2.00. The first-order chi connectivity index (χ1) is 16.7. The molecule has 5 rings (SSSR count). The van der Waals surface area contributed by atoms with Crippen molar-refractivity contribution in [3.63, 3.8) is 0 Å². The summed E-state index contributed by atoms with van der Waals surface area (Å²) in [5, 5.41) is 17.6. The summed E-state index contributed by atoms with van der Waals surface area (Å²) in [6.45, 7) is 5.46. The lowest BCUT2D eigenvalue weighted by molar-refractivity contribution is 0.0640. The van der Waals surface area contributed by atoms with Crippen LogP contribution < -0.4 is 5.73 Å². The van der Waals surface area contributed by atoms with Gasteiger partial charge in [0.15, 0.2) is 17.3 Å². The first-order valence-corrected chi connectivity index (χ1v) is 10.9. The van der Waals surface area contributed by atoms with Crippen LogP contribution in [0.2, 0.25) is 0 Å². The summed E-state index contributed by atoms with van der Waals surface area (Å²) in [6.07, 6.45) is 0. The van der Waals surface area contributed by atoms with Gasteiger partial charge >= 0.3 is 0 Å². The normalized spacial score (nSPS) is 13.3. The molecule has 3 aromatic heterocycles. The Bertz CT molecular complexity index is 1530. The number of nitrogens with zero attached hydrogens (tertiary/aromatic N) is 6. The second-order valence-corrected chi connectivity index (χ2v) is 8.56. The van der Waals surface area contributed by atoms with E-state index in [2.05, 4.69) is 32.1 Å². The summed E-state index contributed by atoms with van der Waals surface area (Å²) in [6, 6.07) is 8.43. The Morgan fingerprint density at radius 3 is 2.37 bits per heavy atom. The first-order valence-electron chi connectivity index (χ1n) is 10.9. The van der Waals surface area contributed by atoms with Gasteiger partial charge in [-0.15, -0.1) is 0 Å². The number of pyridine rings is 1. The molecule has 0 unspecified atom stereocenters. The number of aryl methyl sites for hydroxylation is 1. The zero-order valence-electron chi connectivity index (χ0n) is 19.2. The van der Waals surface area contributed by atoms with Crippen LogP contribution in [0.25, 0.3) is 22.6 Å². The van der Waals surface area contributed by atoms with Gasteiger partial charge in [0, 0.05) is 6.54 Å². The number of imide groups is 1. The number of aromatic nitrogens is 5. The fourth-order valence-corrected chi connectivity index (χ4v) is 3.95. The number of aliphatic hydroxyl groups is 1. The van der Waals surface area contributed by atoms with Crippen LogP contribution >= 0.6 is 0 Å². The van der Waals surface area contributed by atoms with E-state index in [9.17, 15) is 14.7 Å². The van der Waals surface area contributed by atoms with Gasteiger partial charge < -0.3 is 15.4 Å². The third kappa shape index (κ3) is 3.79. The Balaban J connectivity index is 1.66. The number of anilines is 1. The van der Waals surface area contributed by atoms with Gasteiger partial charge in [0.05, 0.1) is 28.9 Å².